The van der Waals surface area contributed by atoms with E-state index in [1.807, 2.05) is 0 Å². The molecule has 0 aliphatic carbocycles. The summed E-state index contributed by atoms with van der Waals surface area (Å²) in [4.78, 5) is 25.0. The smallest absolute Gasteiger partial charge is 0.278 e. The molecule has 0 atom stereocenters. The first-order chi connectivity index (χ1) is 16.1. The number of rotatable bonds is 9. The molecule has 33 heavy (non-hydrogen) atoms. The third kappa shape index (κ3) is 5.23. The molecule has 170 valence electrons. The van der Waals surface area contributed by atoms with Gasteiger partial charge < -0.3 is 24.5 Å². The van der Waals surface area contributed by atoms with Crippen LogP contribution in [0, 0.1) is 5.82 Å². The van der Waals surface area contributed by atoms with Crippen LogP contribution in [-0.2, 0) is 6.54 Å². The highest BCUT2D eigenvalue weighted by Crippen LogP contribution is 2.24. The highest BCUT2D eigenvalue weighted by Gasteiger charge is 2.19. The van der Waals surface area contributed by atoms with Gasteiger partial charge in [0, 0.05) is 18.3 Å². The Morgan fingerprint density at radius 3 is 2.70 bits per heavy atom. The number of benzene rings is 1. The molecule has 4 rings (SSSR count). The van der Waals surface area contributed by atoms with Crippen molar-refractivity contribution in [1.82, 2.24) is 24.7 Å². The molecule has 12 heteroatoms. The summed E-state index contributed by atoms with van der Waals surface area (Å²) in [6.07, 6.45) is 4.30. The lowest BCUT2D eigenvalue weighted by molar-refractivity contribution is 0.102. The molecule has 11 nitrogen and oxygen atoms in total. The minimum Gasteiger partial charge on any atom is -0.481 e. The van der Waals surface area contributed by atoms with E-state index in [0.717, 1.165) is 6.39 Å². The molecular weight excluding hydrogens is 433 g/mol. The summed E-state index contributed by atoms with van der Waals surface area (Å²) in [5.74, 6) is 0.332. The Kier molecular flexibility index (Phi) is 6.43. The molecule has 3 heterocycles. The van der Waals surface area contributed by atoms with E-state index in [-0.39, 0.29) is 11.5 Å². The van der Waals surface area contributed by atoms with Crippen LogP contribution < -0.4 is 20.1 Å². The third-order valence-electron chi connectivity index (χ3n) is 4.48. The van der Waals surface area contributed by atoms with Gasteiger partial charge in [-0.05, 0) is 12.1 Å². The van der Waals surface area contributed by atoms with Crippen LogP contribution in [0.25, 0.3) is 11.3 Å². The molecule has 0 spiro atoms. The number of methoxy groups -OCH3 is 2. The number of carbonyl (C=O) groups is 1. The summed E-state index contributed by atoms with van der Waals surface area (Å²) >= 11 is 0. The SMILES string of the molecule is COc1cc(OC)nc(NCCn2cc(NC(=O)c3ncoc3-c3cccc(F)c3)cn2)n1. The number of aromatic nitrogens is 5. The zero-order valence-corrected chi connectivity index (χ0v) is 17.8. The average molecular weight is 453 g/mol. The number of oxazole rings is 1. The summed E-state index contributed by atoms with van der Waals surface area (Å²) in [5, 5.41) is 9.99. The van der Waals surface area contributed by atoms with E-state index in [9.17, 15) is 9.18 Å². The van der Waals surface area contributed by atoms with Crippen molar-refractivity contribution in [3.05, 3.63) is 60.6 Å². The van der Waals surface area contributed by atoms with E-state index >= 15 is 0 Å². The van der Waals surface area contributed by atoms with Gasteiger partial charge in [-0.25, -0.2) is 9.37 Å². The normalized spacial score (nSPS) is 10.6. The zero-order valence-electron chi connectivity index (χ0n) is 17.8. The molecule has 0 fully saturated rings. The molecule has 0 bridgehead atoms. The quantitative estimate of drug-likeness (QED) is 0.393. The molecule has 0 radical (unpaired) electrons. The van der Waals surface area contributed by atoms with Crippen LogP contribution in [0.2, 0.25) is 0 Å². The number of ether oxygens (including phenoxy) is 2. The largest absolute Gasteiger partial charge is 0.481 e. The van der Waals surface area contributed by atoms with Crippen molar-refractivity contribution < 1.29 is 23.1 Å². The Bertz CT molecular complexity index is 1230. The Balaban J connectivity index is 1.36. The van der Waals surface area contributed by atoms with Gasteiger partial charge in [0.2, 0.25) is 17.7 Å². The molecule has 2 N–H and O–H groups in total. The molecule has 1 aromatic carbocycles. The van der Waals surface area contributed by atoms with Crippen LogP contribution in [-0.4, -0.2) is 51.4 Å². The fraction of sp³-hybridized carbons (Fsp3) is 0.190. The lowest BCUT2D eigenvalue weighted by Gasteiger charge is -2.08. The number of nitrogens with one attached hydrogen (secondary N) is 2. The van der Waals surface area contributed by atoms with Gasteiger partial charge in [-0.15, -0.1) is 0 Å². The minimum atomic E-state index is -0.502. The van der Waals surface area contributed by atoms with Crippen LogP contribution in [0.5, 0.6) is 11.8 Å². The maximum atomic E-state index is 13.5. The van der Waals surface area contributed by atoms with Crippen molar-refractivity contribution in [2.45, 2.75) is 6.54 Å². The Labute approximate surface area is 187 Å². The van der Waals surface area contributed by atoms with E-state index < -0.39 is 11.7 Å². The Morgan fingerprint density at radius 1 is 1.18 bits per heavy atom. The van der Waals surface area contributed by atoms with Crippen molar-refractivity contribution in [2.24, 2.45) is 0 Å². The highest BCUT2D eigenvalue weighted by molar-refractivity contribution is 6.06. The van der Waals surface area contributed by atoms with Crippen molar-refractivity contribution >= 4 is 17.5 Å². The maximum Gasteiger partial charge on any atom is 0.278 e. The number of amides is 1. The second-order valence-electron chi connectivity index (χ2n) is 6.69. The second kappa shape index (κ2) is 9.77. The van der Waals surface area contributed by atoms with Crippen molar-refractivity contribution in [3.8, 4) is 23.1 Å². The van der Waals surface area contributed by atoms with E-state index in [4.69, 9.17) is 13.9 Å². The molecule has 0 aliphatic heterocycles. The van der Waals surface area contributed by atoms with Gasteiger partial charge in [0.25, 0.3) is 5.91 Å². The fourth-order valence-corrected chi connectivity index (χ4v) is 2.96. The summed E-state index contributed by atoms with van der Waals surface area (Å²) in [6.45, 7) is 0.926. The number of carbonyl (C=O) groups excluding carboxylic acids is 1. The molecule has 1 amide bonds. The second-order valence-corrected chi connectivity index (χ2v) is 6.69. The summed E-state index contributed by atoms with van der Waals surface area (Å²) in [5.41, 5.74) is 0.919. The predicted molar refractivity (Wildman–Crippen MR) is 116 cm³/mol. The molecule has 4 aromatic rings. The first kappa shape index (κ1) is 21.7. The van der Waals surface area contributed by atoms with Crippen molar-refractivity contribution in [3.63, 3.8) is 0 Å². The van der Waals surface area contributed by atoms with Gasteiger partial charge >= 0.3 is 0 Å². The van der Waals surface area contributed by atoms with Crippen LogP contribution in [0.15, 0.2) is 53.5 Å². The first-order valence-corrected chi connectivity index (χ1v) is 9.80. The van der Waals surface area contributed by atoms with E-state index in [1.165, 1.54) is 38.6 Å². The van der Waals surface area contributed by atoms with E-state index in [0.29, 0.717) is 42.0 Å². The molecule has 0 unspecified atom stereocenters. The van der Waals surface area contributed by atoms with Crippen LogP contribution in [0.3, 0.4) is 0 Å². The topological polar surface area (TPSA) is 129 Å². The zero-order chi connectivity index (χ0) is 23.2. The lowest BCUT2D eigenvalue weighted by Crippen LogP contribution is -2.14. The fourth-order valence-electron chi connectivity index (χ4n) is 2.96. The lowest BCUT2D eigenvalue weighted by atomic mass is 10.1. The van der Waals surface area contributed by atoms with Gasteiger partial charge in [-0.3, -0.25) is 9.48 Å². The monoisotopic (exact) mass is 453 g/mol. The number of halogens is 1. The first-order valence-electron chi connectivity index (χ1n) is 9.80. The van der Waals surface area contributed by atoms with E-state index in [1.54, 1.807) is 23.0 Å². The molecule has 3 aromatic heterocycles. The standard InChI is InChI=1S/C21H20FN7O4/c1-31-16-9-17(32-2)28-21(27-16)23-6-7-29-11-15(10-25-29)26-20(30)18-19(33-12-24-18)13-4-3-5-14(22)8-13/h3-5,8-12H,6-7H2,1-2H3,(H,26,30)(H,23,27,28). The molecule has 0 saturated carbocycles. The summed E-state index contributed by atoms with van der Waals surface area (Å²) < 4.78 is 30.7. The van der Waals surface area contributed by atoms with Gasteiger partial charge in [0.15, 0.2) is 17.8 Å². The predicted octanol–water partition coefficient (Wildman–Crippen LogP) is 2.85. The summed E-state index contributed by atoms with van der Waals surface area (Å²) in [7, 11) is 3.01. The average Bonchev–Trinajstić information content (AvgIpc) is 3.48. The maximum absolute atomic E-state index is 13.5. The summed E-state index contributed by atoms with van der Waals surface area (Å²) in [6, 6.07) is 7.30. The van der Waals surface area contributed by atoms with Gasteiger partial charge in [0.1, 0.15) is 5.82 Å². The van der Waals surface area contributed by atoms with Gasteiger partial charge in [-0.2, -0.15) is 15.1 Å². The molecular formula is C21H20FN7O4. The highest BCUT2D eigenvalue weighted by atomic mass is 19.1. The number of anilines is 2. The number of hydrogen-bond donors (Lipinski definition) is 2. The Hall–Kier alpha value is -4.48. The third-order valence-corrected chi connectivity index (χ3v) is 4.48. The van der Waals surface area contributed by atoms with Gasteiger partial charge in [0.05, 0.1) is 38.7 Å². The van der Waals surface area contributed by atoms with Crippen molar-refractivity contribution in [2.75, 3.05) is 31.4 Å². The van der Waals surface area contributed by atoms with Crippen molar-refractivity contribution in [1.29, 1.82) is 0 Å². The van der Waals surface area contributed by atoms with Gasteiger partial charge in [-0.1, -0.05) is 12.1 Å². The van der Waals surface area contributed by atoms with Crippen LogP contribution >= 0.6 is 0 Å². The molecule has 0 aliphatic rings. The number of hydrogen-bond acceptors (Lipinski definition) is 9. The minimum absolute atomic E-state index is 0.0409. The van der Waals surface area contributed by atoms with Crippen LogP contribution in [0.1, 0.15) is 10.5 Å². The molecule has 0 saturated heterocycles. The van der Waals surface area contributed by atoms with Crippen LogP contribution in [0.4, 0.5) is 16.0 Å². The Morgan fingerprint density at radius 2 is 1.97 bits per heavy atom. The number of nitrogens with zero attached hydrogens (tertiary/aromatic N) is 5. The van der Waals surface area contributed by atoms with E-state index in [2.05, 4.69) is 30.7 Å².